The van der Waals surface area contributed by atoms with Gasteiger partial charge in [0, 0.05) is 6.42 Å². The zero-order valence-electron chi connectivity index (χ0n) is 6.12. The Kier molecular flexibility index (Phi) is 2.27. The highest BCUT2D eigenvalue weighted by molar-refractivity contribution is 5.83. The molecule has 1 amide bonds. The number of carbonyl (C=O) groups excluding carboxylic acids is 2. The monoisotopic (exact) mass is 151 g/mol. The molecule has 58 valence electrons. The maximum absolute atomic E-state index is 11.0. The van der Waals surface area contributed by atoms with E-state index in [4.69, 9.17) is 6.42 Å². The van der Waals surface area contributed by atoms with Gasteiger partial charge in [0.15, 0.2) is 0 Å². The lowest BCUT2D eigenvalue weighted by Gasteiger charge is -2.16. The van der Waals surface area contributed by atoms with E-state index in [0.29, 0.717) is 12.8 Å². The van der Waals surface area contributed by atoms with Crippen molar-refractivity contribution in [2.24, 2.45) is 0 Å². The molecular weight excluding hydrogens is 142 g/mol. The van der Waals surface area contributed by atoms with Gasteiger partial charge in [0.25, 0.3) is 0 Å². The Labute approximate surface area is 65.4 Å². The van der Waals surface area contributed by atoms with Crippen molar-refractivity contribution in [3.8, 4) is 12.3 Å². The molecule has 0 aromatic rings. The molecule has 1 unspecified atom stereocenters. The van der Waals surface area contributed by atoms with Gasteiger partial charge in [-0.3, -0.25) is 4.79 Å². The van der Waals surface area contributed by atoms with Crippen LogP contribution in [0.5, 0.6) is 0 Å². The van der Waals surface area contributed by atoms with Crippen LogP contribution in [0.2, 0.25) is 0 Å². The number of terminal acetylenes is 1. The molecule has 1 aliphatic rings. The van der Waals surface area contributed by atoms with Crippen molar-refractivity contribution in [1.82, 2.24) is 4.90 Å². The second-order valence-electron chi connectivity index (χ2n) is 2.47. The minimum absolute atomic E-state index is 0.0138. The van der Waals surface area contributed by atoms with Crippen LogP contribution >= 0.6 is 0 Å². The van der Waals surface area contributed by atoms with Crippen molar-refractivity contribution in [3.05, 3.63) is 0 Å². The van der Waals surface area contributed by atoms with Gasteiger partial charge in [0.2, 0.25) is 5.91 Å². The molecule has 1 saturated heterocycles. The molecule has 0 spiro atoms. The highest BCUT2D eigenvalue weighted by atomic mass is 16.2. The summed E-state index contributed by atoms with van der Waals surface area (Å²) >= 11 is 0. The fraction of sp³-hybridized carbons (Fsp3) is 0.500. The summed E-state index contributed by atoms with van der Waals surface area (Å²) in [4.78, 5) is 22.8. The molecule has 0 aromatic heterocycles. The van der Waals surface area contributed by atoms with Gasteiger partial charge in [-0.2, -0.15) is 0 Å². The van der Waals surface area contributed by atoms with Crippen LogP contribution in [-0.4, -0.2) is 29.7 Å². The van der Waals surface area contributed by atoms with Crippen molar-refractivity contribution in [2.75, 3.05) is 6.54 Å². The van der Waals surface area contributed by atoms with E-state index in [1.807, 2.05) is 0 Å². The second kappa shape index (κ2) is 3.20. The van der Waals surface area contributed by atoms with Gasteiger partial charge >= 0.3 is 0 Å². The molecule has 0 saturated carbocycles. The van der Waals surface area contributed by atoms with Crippen molar-refractivity contribution in [3.63, 3.8) is 0 Å². The number of rotatable bonds is 2. The molecular formula is C8H9NO2. The number of hydrogen-bond acceptors (Lipinski definition) is 2. The van der Waals surface area contributed by atoms with Crippen molar-refractivity contribution < 1.29 is 9.59 Å². The van der Waals surface area contributed by atoms with Crippen molar-refractivity contribution >= 4 is 12.2 Å². The van der Waals surface area contributed by atoms with Gasteiger partial charge in [-0.15, -0.1) is 6.42 Å². The largest absolute Gasteiger partial charge is 0.322 e. The molecule has 0 radical (unpaired) electrons. The lowest BCUT2D eigenvalue weighted by atomic mass is 10.2. The van der Waals surface area contributed by atoms with Crippen LogP contribution in [0.4, 0.5) is 0 Å². The maximum atomic E-state index is 11.0. The van der Waals surface area contributed by atoms with E-state index in [0.717, 1.165) is 6.29 Å². The lowest BCUT2D eigenvalue weighted by Crippen LogP contribution is -2.34. The first-order valence-corrected chi connectivity index (χ1v) is 3.48. The zero-order chi connectivity index (χ0) is 8.27. The Balaban J connectivity index is 2.64. The van der Waals surface area contributed by atoms with E-state index in [2.05, 4.69) is 5.92 Å². The Morgan fingerprint density at radius 1 is 1.82 bits per heavy atom. The SMILES string of the molecule is C#CCN1C(=O)CCC1C=O. The highest BCUT2D eigenvalue weighted by Crippen LogP contribution is 2.15. The first-order chi connectivity index (χ1) is 5.29. The molecule has 11 heavy (non-hydrogen) atoms. The number of likely N-dealkylation sites (tertiary alicyclic amines) is 1. The molecule has 1 aliphatic heterocycles. The van der Waals surface area contributed by atoms with Crippen molar-refractivity contribution in [1.29, 1.82) is 0 Å². The summed E-state index contributed by atoms with van der Waals surface area (Å²) in [7, 11) is 0. The third-order valence-corrected chi connectivity index (χ3v) is 1.79. The Morgan fingerprint density at radius 3 is 3.09 bits per heavy atom. The number of carbonyl (C=O) groups is 2. The highest BCUT2D eigenvalue weighted by Gasteiger charge is 2.29. The molecule has 0 N–H and O–H groups in total. The summed E-state index contributed by atoms with van der Waals surface area (Å²) in [6, 6.07) is -0.279. The Bertz CT molecular complexity index is 217. The van der Waals surface area contributed by atoms with Gasteiger partial charge in [-0.1, -0.05) is 5.92 Å². The summed E-state index contributed by atoms with van der Waals surface area (Å²) in [5.41, 5.74) is 0. The van der Waals surface area contributed by atoms with E-state index >= 15 is 0 Å². The first-order valence-electron chi connectivity index (χ1n) is 3.48. The van der Waals surface area contributed by atoms with E-state index in [9.17, 15) is 9.59 Å². The number of hydrogen-bond donors (Lipinski definition) is 0. The van der Waals surface area contributed by atoms with Gasteiger partial charge in [0.05, 0.1) is 12.6 Å². The lowest BCUT2D eigenvalue weighted by molar-refractivity contribution is -0.130. The van der Waals surface area contributed by atoms with Gasteiger partial charge in [-0.05, 0) is 6.42 Å². The number of aldehydes is 1. The van der Waals surface area contributed by atoms with Crippen LogP contribution in [0.25, 0.3) is 0 Å². The predicted molar refractivity (Wildman–Crippen MR) is 39.6 cm³/mol. The Morgan fingerprint density at radius 2 is 2.55 bits per heavy atom. The van der Waals surface area contributed by atoms with Crippen LogP contribution in [-0.2, 0) is 9.59 Å². The quantitative estimate of drug-likeness (QED) is 0.405. The molecule has 0 aliphatic carbocycles. The normalized spacial score (nSPS) is 23.4. The summed E-state index contributed by atoms with van der Waals surface area (Å²) < 4.78 is 0. The smallest absolute Gasteiger partial charge is 0.224 e. The average molecular weight is 151 g/mol. The first kappa shape index (κ1) is 7.80. The Hall–Kier alpha value is -1.30. The summed E-state index contributed by atoms with van der Waals surface area (Å²) in [5.74, 6) is 2.34. The van der Waals surface area contributed by atoms with Crippen molar-refractivity contribution in [2.45, 2.75) is 18.9 Å². The molecule has 3 heteroatoms. The summed E-state index contributed by atoms with van der Waals surface area (Å²) in [6.07, 6.45) is 6.87. The van der Waals surface area contributed by atoms with Gasteiger partial charge < -0.3 is 9.69 Å². The fourth-order valence-electron chi connectivity index (χ4n) is 1.20. The van der Waals surface area contributed by atoms with Gasteiger partial charge in [0.1, 0.15) is 6.29 Å². The third-order valence-electron chi connectivity index (χ3n) is 1.79. The minimum atomic E-state index is -0.279. The molecule has 1 atom stereocenters. The minimum Gasteiger partial charge on any atom is -0.322 e. The molecule has 1 fully saturated rings. The zero-order valence-corrected chi connectivity index (χ0v) is 6.12. The van der Waals surface area contributed by atoms with E-state index in [1.165, 1.54) is 4.90 Å². The molecule has 3 nitrogen and oxygen atoms in total. The molecule has 1 heterocycles. The second-order valence-corrected chi connectivity index (χ2v) is 2.47. The summed E-state index contributed by atoms with van der Waals surface area (Å²) in [5, 5.41) is 0. The number of nitrogens with zero attached hydrogens (tertiary/aromatic N) is 1. The van der Waals surface area contributed by atoms with Crippen LogP contribution < -0.4 is 0 Å². The standard InChI is InChI=1S/C8H9NO2/c1-2-5-9-7(6-10)3-4-8(9)11/h1,6-7H,3-5H2. The molecule has 1 rings (SSSR count). The average Bonchev–Trinajstić information content (AvgIpc) is 2.34. The third kappa shape index (κ3) is 1.40. The molecule has 0 aromatic carbocycles. The van der Waals surface area contributed by atoms with E-state index in [-0.39, 0.29) is 18.5 Å². The number of amides is 1. The van der Waals surface area contributed by atoms with Crippen LogP contribution in [0.1, 0.15) is 12.8 Å². The predicted octanol–water partition coefficient (Wildman–Crippen LogP) is -0.191. The van der Waals surface area contributed by atoms with Gasteiger partial charge in [-0.25, -0.2) is 0 Å². The molecule has 0 bridgehead atoms. The van der Waals surface area contributed by atoms with Crippen LogP contribution in [0, 0.1) is 12.3 Å². The van der Waals surface area contributed by atoms with Crippen LogP contribution in [0.15, 0.2) is 0 Å². The maximum Gasteiger partial charge on any atom is 0.224 e. The fourth-order valence-corrected chi connectivity index (χ4v) is 1.20. The van der Waals surface area contributed by atoms with E-state index < -0.39 is 0 Å². The summed E-state index contributed by atoms with van der Waals surface area (Å²) in [6.45, 7) is 0.252. The topological polar surface area (TPSA) is 37.4 Å². The van der Waals surface area contributed by atoms with Crippen LogP contribution in [0.3, 0.4) is 0 Å². The van der Waals surface area contributed by atoms with E-state index in [1.54, 1.807) is 0 Å².